The maximum Gasteiger partial charge on any atom is 0.229 e. The standard InChI is InChI=1S/C26H29FN6O2/c1-17(2)23-16-29-33-24(23)31-25(30-20-11-13-34-14-12-20)32-26(33)28-15-18-3-7-21(8-4-18)35-22-9-5-19(27)6-10-22/h3-10,16-17,20H,11-15H2,1-2H3,(H2,28,30,31,32). The van der Waals surface area contributed by atoms with Crippen molar-refractivity contribution >= 4 is 17.5 Å². The molecule has 1 fully saturated rings. The molecule has 9 heteroatoms. The zero-order chi connectivity index (χ0) is 24.2. The fourth-order valence-electron chi connectivity index (χ4n) is 4.00. The Hall–Kier alpha value is -3.72. The van der Waals surface area contributed by atoms with E-state index in [9.17, 15) is 4.39 Å². The minimum absolute atomic E-state index is 0.290. The zero-order valence-corrected chi connectivity index (χ0v) is 19.9. The van der Waals surface area contributed by atoms with Crippen LogP contribution in [0.15, 0.2) is 54.7 Å². The van der Waals surface area contributed by atoms with Gasteiger partial charge in [-0.2, -0.15) is 19.6 Å². The van der Waals surface area contributed by atoms with Gasteiger partial charge in [0.15, 0.2) is 5.65 Å². The molecule has 0 amide bonds. The lowest BCUT2D eigenvalue weighted by atomic mass is 10.1. The molecule has 8 nitrogen and oxygen atoms in total. The number of aromatic nitrogens is 4. The predicted molar refractivity (Wildman–Crippen MR) is 133 cm³/mol. The second-order valence-electron chi connectivity index (χ2n) is 8.95. The minimum Gasteiger partial charge on any atom is -0.457 e. The van der Waals surface area contributed by atoms with Crippen LogP contribution in [0.1, 0.15) is 43.7 Å². The van der Waals surface area contributed by atoms with E-state index in [1.54, 1.807) is 16.6 Å². The molecule has 0 bridgehead atoms. The molecule has 0 aliphatic carbocycles. The van der Waals surface area contributed by atoms with E-state index >= 15 is 0 Å². The molecule has 1 aliphatic heterocycles. The van der Waals surface area contributed by atoms with Crippen LogP contribution in [0.3, 0.4) is 0 Å². The third-order valence-electron chi connectivity index (χ3n) is 6.00. The van der Waals surface area contributed by atoms with E-state index in [0.717, 1.165) is 42.8 Å². The third kappa shape index (κ3) is 5.51. The zero-order valence-electron chi connectivity index (χ0n) is 19.9. The first-order valence-corrected chi connectivity index (χ1v) is 11.9. The monoisotopic (exact) mass is 476 g/mol. The number of hydrogen-bond donors (Lipinski definition) is 2. The average molecular weight is 477 g/mol. The van der Waals surface area contributed by atoms with Crippen molar-refractivity contribution < 1.29 is 13.9 Å². The lowest BCUT2D eigenvalue weighted by Crippen LogP contribution is -2.29. The summed E-state index contributed by atoms with van der Waals surface area (Å²) in [5.41, 5.74) is 2.93. The number of nitrogens with one attached hydrogen (secondary N) is 2. The van der Waals surface area contributed by atoms with Gasteiger partial charge >= 0.3 is 0 Å². The van der Waals surface area contributed by atoms with Crippen molar-refractivity contribution in [3.05, 3.63) is 71.7 Å². The molecule has 1 aliphatic rings. The highest BCUT2D eigenvalue weighted by Gasteiger charge is 2.19. The number of ether oxygens (including phenoxy) is 2. The van der Waals surface area contributed by atoms with Gasteiger partial charge in [0.05, 0.1) is 6.20 Å². The van der Waals surface area contributed by atoms with Gasteiger partial charge in [0, 0.05) is 31.4 Å². The summed E-state index contributed by atoms with van der Waals surface area (Å²) in [6.07, 6.45) is 3.72. The van der Waals surface area contributed by atoms with E-state index in [1.807, 2.05) is 30.5 Å². The second-order valence-corrected chi connectivity index (χ2v) is 8.95. The SMILES string of the molecule is CC(C)c1cnn2c(NCc3ccc(Oc4ccc(F)cc4)cc3)nc(NC3CCOCC3)nc12. The van der Waals surface area contributed by atoms with Crippen LogP contribution in [0.4, 0.5) is 16.3 Å². The lowest BCUT2D eigenvalue weighted by molar-refractivity contribution is 0.0903. The van der Waals surface area contributed by atoms with Gasteiger partial charge in [-0.3, -0.25) is 0 Å². The Balaban J connectivity index is 1.32. The smallest absolute Gasteiger partial charge is 0.229 e. The van der Waals surface area contributed by atoms with Crippen molar-refractivity contribution in [3.8, 4) is 11.5 Å². The number of fused-ring (bicyclic) bond motifs is 1. The molecule has 0 unspecified atom stereocenters. The van der Waals surface area contributed by atoms with Crippen LogP contribution in [0.5, 0.6) is 11.5 Å². The van der Waals surface area contributed by atoms with Crippen LogP contribution in [-0.4, -0.2) is 38.8 Å². The largest absolute Gasteiger partial charge is 0.457 e. The summed E-state index contributed by atoms with van der Waals surface area (Å²) in [4.78, 5) is 9.51. The Bertz CT molecular complexity index is 1270. The second kappa shape index (κ2) is 10.3. The van der Waals surface area contributed by atoms with Crippen molar-refractivity contribution in [1.29, 1.82) is 0 Å². The van der Waals surface area contributed by atoms with Gasteiger partial charge in [-0.05, 0) is 60.7 Å². The molecule has 5 rings (SSSR count). The Morgan fingerprint density at radius 2 is 1.71 bits per heavy atom. The molecule has 182 valence electrons. The van der Waals surface area contributed by atoms with E-state index < -0.39 is 0 Å². The summed E-state index contributed by atoms with van der Waals surface area (Å²) in [7, 11) is 0. The van der Waals surface area contributed by atoms with E-state index in [1.165, 1.54) is 12.1 Å². The Morgan fingerprint density at radius 1 is 1.03 bits per heavy atom. The summed E-state index contributed by atoms with van der Waals surface area (Å²) in [5, 5.41) is 11.4. The van der Waals surface area contributed by atoms with Crippen LogP contribution in [0.25, 0.3) is 5.65 Å². The normalized spacial score (nSPS) is 14.4. The van der Waals surface area contributed by atoms with Crippen molar-refractivity contribution in [2.24, 2.45) is 0 Å². The van der Waals surface area contributed by atoms with Gasteiger partial charge in [0.25, 0.3) is 0 Å². The molecule has 4 aromatic rings. The topological polar surface area (TPSA) is 85.6 Å². The summed E-state index contributed by atoms with van der Waals surface area (Å²) < 4.78 is 26.1. The first kappa shape index (κ1) is 23.0. The fraction of sp³-hybridized carbons (Fsp3) is 0.346. The molecule has 2 aromatic heterocycles. The molecule has 1 saturated heterocycles. The van der Waals surface area contributed by atoms with E-state index in [2.05, 4.69) is 29.6 Å². The van der Waals surface area contributed by atoms with Crippen LogP contribution >= 0.6 is 0 Å². The number of rotatable bonds is 8. The molecule has 0 radical (unpaired) electrons. The van der Waals surface area contributed by atoms with E-state index in [0.29, 0.717) is 35.9 Å². The van der Waals surface area contributed by atoms with Gasteiger partial charge < -0.3 is 20.1 Å². The van der Waals surface area contributed by atoms with Crippen LogP contribution in [0.2, 0.25) is 0 Å². The summed E-state index contributed by atoms with van der Waals surface area (Å²) in [5.74, 6) is 2.49. The molecule has 35 heavy (non-hydrogen) atoms. The molecular weight excluding hydrogens is 447 g/mol. The van der Waals surface area contributed by atoms with Gasteiger partial charge in [-0.15, -0.1) is 0 Å². The molecule has 0 saturated carbocycles. The highest BCUT2D eigenvalue weighted by atomic mass is 19.1. The van der Waals surface area contributed by atoms with Gasteiger partial charge in [0.1, 0.15) is 17.3 Å². The number of nitrogens with zero attached hydrogens (tertiary/aromatic N) is 4. The Labute approximate surface area is 203 Å². The first-order chi connectivity index (χ1) is 17.0. The highest BCUT2D eigenvalue weighted by Crippen LogP contribution is 2.25. The summed E-state index contributed by atoms with van der Waals surface area (Å²) >= 11 is 0. The van der Waals surface area contributed by atoms with Gasteiger partial charge in [-0.1, -0.05) is 26.0 Å². The van der Waals surface area contributed by atoms with Crippen LogP contribution in [0, 0.1) is 5.82 Å². The molecule has 0 spiro atoms. The van der Waals surface area contributed by atoms with Crippen LogP contribution < -0.4 is 15.4 Å². The number of hydrogen-bond acceptors (Lipinski definition) is 7. The maximum absolute atomic E-state index is 13.1. The summed E-state index contributed by atoms with van der Waals surface area (Å²) in [6.45, 7) is 6.31. The fourth-order valence-corrected chi connectivity index (χ4v) is 4.00. The van der Waals surface area contributed by atoms with E-state index in [-0.39, 0.29) is 11.9 Å². The van der Waals surface area contributed by atoms with Crippen molar-refractivity contribution in [3.63, 3.8) is 0 Å². The van der Waals surface area contributed by atoms with Gasteiger partial charge in [-0.25, -0.2) is 4.39 Å². The van der Waals surface area contributed by atoms with Crippen molar-refractivity contribution in [2.45, 2.75) is 45.2 Å². The first-order valence-electron chi connectivity index (χ1n) is 11.9. The van der Waals surface area contributed by atoms with Crippen LogP contribution in [-0.2, 0) is 11.3 Å². The van der Waals surface area contributed by atoms with Crippen molar-refractivity contribution in [1.82, 2.24) is 19.6 Å². The van der Waals surface area contributed by atoms with Gasteiger partial charge in [0.2, 0.25) is 11.9 Å². The maximum atomic E-state index is 13.1. The lowest BCUT2D eigenvalue weighted by Gasteiger charge is -2.23. The number of benzene rings is 2. The minimum atomic E-state index is -0.290. The highest BCUT2D eigenvalue weighted by molar-refractivity contribution is 5.56. The predicted octanol–water partition coefficient (Wildman–Crippen LogP) is 5.38. The Morgan fingerprint density at radius 3 is 2.40 bits per heavy atom. The molecule has 2 N–H and O–H groups in total. The molecular formula is C26H29FN6O2. The average Bonchev–Trinajstić information content (AvgIpc) is 3.30. The molecule has 3 heterocycles. The quantitative estimate of drug-likeness (QED) is 0.353. The van der Waals surface area contributed by atoms with E-state index in [4.69, 9.17) is 19.4 Å². The molecule has 0 atom stereocenters. The number of halogens is 1. The van der Waals surface area contributed by atoms with Crippen molar-refractivity contribution in [2.75, 3.05) is 23.8 Å². The summed E-state index contributed by atoms with van der Waals surface area (Å²) in [6, 6.07) is 14.0. The Kier molecular flexibility index (Phi) is 6.76. The molecule has 2 aromatic carbocycles. The third-order valence-corrected chi connectivity index (χ3v) is 6.00. The number of anilines is 2.